The molecule has 3 rings (SSSR count). The van der Waals surface area contributed by atoms with Gasteiger partial charge in [0.05, 0.1) is 23.4 Å². The first-order valence-corrected chi connectivity index (χ1v) is 6.78. The van der Waals surface area contributed by atoms with E-state index in [-0.39, 0.29) is 35.0 Å². The van der Waals surface area contributed by atoms with Crippen molar-refractivity contribution in [3.8, 4) is 11.4 Å². The summed E-state index contributed by atoms with van der Waals surface area (Å²) in [6, 6.07) is 4.61. The van der Waals surface area contributed by atoms with Crippen LogP contribution in [0.25, 0.3) is 5.69 Å². The van der Waals surface area contributed by atoms with Crippen molar-refractivity contribution in [2.45, 2.75) is 6.92 Å². The molecule has 7 nitrogen and oxygen atoms in total. The van der Waals surface area contributed by atoms with E-state index in [1.807, 2.05) is 0 Å². The van der Waals surface area contributed by atoms with E-state index in [4.69, 9.17) is 10.5 Å². The maximum absolute atomic E-state index is 13.6. The highest BCUT2D eigenvalue weighted by molar-refractivity contribution is 6.23. The van der Waals surface area contributed by atoms with Gasteiger partial charge in [-0.1, -0.05) is 0 Å². The summed E-state index contributed by atoms with van der Waals surface area (Å²) in [6.45, 7) is 2.02. The second-order valence-corrected chi connectivity index (χ2v) is 4.82. The molecule has 0 bridgehead atoms. The summed E-state index contributed by atoms with van der Waals surface area (Å²) in [5.41, 5.74) is 5.09. The lowest BCUT2D eigenvalue weighted by Gasteiger charge is -2.15. The number of benzene rings is 1. The Balaban J connectivity index is 2.33. The largest absolute Gasteiger partial charge is 0.492 e. The van der Waals surface area contributed by atoms with Crippen LogP contribution in [-0.2, 0) is 0 Å². The van der Waals surface area contributed by atoms with E-state index in [0.29, 0.717) is 0 Å². The molecular weight excluding hydrogens is 305 g/mol. The van der Waals surface area contributed by atoms with Crippen molar-refractivity contribution in [1.29, 1.82) is 0 Å². The molecule has 0 aliphatic carbocycles. The molecule has 1 aromatic carbocycles. The van der Waals surface area contributed by atoms with Crippen LogP contribution in [-0.4, -0.2) is 23.0 Å². The number of nitrogens with two attached hydrogens (primary N) is 1. The van der Waals surface area contributed by atoms with Crippen molar-refractivity contribution in [3.05, 3.63) is 51.6 Å². The van der Waals surface area contributed by atoms with E-state index in [0.717, 1.165) is 16.7 Å². The first kappa shape index (κ1) is 14.8. The van der Waals surface area contributed by atoms with Crippen LogP contribution in [0.1, 0.15) is 27.6 Å². The van der Waals surface area contributed by atoms with Crippen LogP contribution < -0.4 is 21.3 Å². The molecule has 2 heterocycles. The first-order valence-electron chi connectivity index (χ1n) is 6.78. The van der Waals surface area contributed by atoms with Crippen molar-refractivity contribution in [2.75, 3.05) is 12.3 Å². The SMILES string of the molecule is CCOc1ccc(F)cc1-n1c(N)c2c(cc1=O)C(=O)NC2=O. The van der Waals surface area contributed by atoms with Crippen molar-refractivity contribution in [1.82, 2.24) is 9.88 Å². The number of nitrogens with zero attached hydrogens (tertiary/aromatic N) is 1. The quantitative estimate of drug-likeness (QED) is 0.817. The van der Waals surface area contributed by atoms with Gasteiger partial charge in [-0.15, -0.1) is 0 Å². The number of aromatic nitrogens is 1. The zero-order valence-corrected chi connectivity index (χ0v) is 12.1. The average Bonchev–Trinajstić information content (AvgIpc) is 2.76. The lowest BCUT2D eigenvalue weighted by atomic mass is 10.1. The minimum absolute atomic E-state index is 0.0595. The lowest BCUT2D eigenvalue weighted by Crippen LogP contribution is -2.24. The summed E-state index contributed by atoms with van der Waals surface area (Å²) in [5, 5.41) is 2.06. The van der Waals surface area contributed by atoms with E-state index in [1.54, 1.807) is 6.92 Å². The van der Waals surface area contributed by atoms with Crippen LogP contribution in [0.5, 0.6) is 5.75 Å². The number of imide groups is 1. The minimum Gasteiger partial charge on any atom is -0.492 e. The number of carbonyl (C=O) groups is 2. The van der Waals surface area contributed by atoms with Crippen LogP contribution in [0.2, 0.25) is 0 Å². The van der Waals surface area contributed by atoms with Gasteiger partial charge in [-0.05, 0) is 19.1 Å². The van der Waals surface area contributed by atoms with Crippen LogP contribution >= 0.6 is 0 Å². The summed E-state index contributed by atoms with van der Waals surface area (Å²) in [4.78, 5) is 35.8. The molecule has 1 aliphatic heterocycles. The van der Waals surface area contributed by atoms with Gasteiger partial charge < -0.3 is 10.5 Å². The Morgan fingerprint density at radius 1 is 1.22 bits per heavy atom. The number of halogens is 1. The Morgan fingerprint density at radius 3 is 2.65 bits per heavy atom. The highest BCUT2D eigenvalue weighted by Gasteiger charge is 2.32. The summed E-state index contributed by atoms with van der Waals surface area (Å²) >= 11 is 0. The number of carbonyl (C=O) groups excluding carboxylic acids is 2. The third-order valence-electron chi connectivity index (χ3n) is 3.42. The maximum atomic E-state index is 13.6. The summed E-state index contributed by atoms with van der Waals surface area (Å²) in [5.74, 6) is -2.01. The van der Waals surface area contributed by atoms with Crippen LogP contribution in [0.4, 0.5) is 10.2 Å². The van der Waals surface area contributed by atoms with E-state index in [9.17, 15) is 18.8 Å². The summed E-state index contributed by atoms with van der Waals surface area (Å²) < 4.78 is 19.9. The topological polar surface area (TPSA) is 103 Å². The molecule has 2 amide bonds. The van der Waals surface area contributed by atoms with Gasteiger partial charge in [-0.2, -0.15) is 0 Å². The molecule has 1 aromatic heterocycles. The molecule has 1 aliphatic rings. The Bertz CT molecular complexity index is 904. The fraction of sp³-hybridized carbons (Fsp3) is 0.133. The highest BCUT2D eigenvalue weighted by Crippen LogP contribution is 2.28. The van der Waals surface area contributed by atoms with Crippen LogP contribution in [0.3, 0.4) is 0 Å². The number of hydrogen-bond donors (Lipinski definition) is 2. The van der Waals surface area contributed by atoms with Crippen molar-refractivity contribution in [3.63, 3.8) is 0 Å². The zero-order chi connectivity index (χ0) is 16.7. The van der Waals surface area contributed by atoms with Gasteiger partial charge in [-0.25, -0.2) is 4.39 Å². The standard InChI is InChI=1S/C15H12FN3O4/c1-2-23-10-4-3-7(16)5-9(10)19-11(20)6-8-12(13(19)17)15(22)18-14(8)21/h3-6H,2,17H2,1H3,(H,18,21,22). The van der Waals surface area contributed by atoms with E-state index < -0.39 is 23.2 Å². The van der Waals surface area contributed by atoms with Gasteiger partial charge in [0.1, 0.15) is 17.4 Å². The molecule has 23 heavy (non-hydrogen) atoms. The number of nitrogen functional groups attached to an aromatic ring is 1. The smallest absolute Gasteiger partial charge is 0.262 e. The second kappa shape index (κ2) is 5.24. The molecule has 8 heteroatoms. The van der Waals surface area contributed by atoms with Crippen LogP contribution in [0, 0.1) is 5.82 Å². The normalized spacial score (nSPS) is 13.0. The molecule has 0 saturated carbocycles. The first-order chi connectivity index (χ1) is 10.9. The summed E-state index contributed by atoms with van der Waals surface area (Å²) in [6.07, 6.45) is 0. The average molecular weight is 317 g/mol. The number of amides is 2. The number of anilines is 1. The molecule has 0 radical (unpaired) electrons. The molecule has 0 fully saturated rings. The predicted octanol–water partition coefficient (Wildman–Crippen LogP) is 0.841. The molecule has 0 unspecified atom stereocenters. The van der Waals surface area contributed by atoms with Gasteiger partial charge in [0.15, 0.2) is 0 Å². The molecular formula is C15H12FN3O4. The van der Waals surface area contributed by atoms with Gasteiger partial charge in [0.2, 0.25) is 0 Å². The number of rotatable bonds is 3. The number of nitrogens with one attached hydrogen (secondary N) is 1. The molecule has 0 atom stereocenters. The van der Waals surface area contributed by atoms with Gasteiger partial charge in [0, 0.05) is 12.1 Å². The van der Waals surface area contributed by atoms with Gasteiger partial charge in [-0.3, -0.25) is 24.3 Å². The Labute approximate surface area is 129 Å². The minimum atomic E-state index is -0.703. The molecule has 0 spiro atoms. The van der Waals surface area contributed by atoms with E-state index >= 15 is 0 Å². The lowest BCUT2D eigenvalue weighted by molar-refractivity contribution is 0.0880. The second-order valence-electron chi connectivity index (χ2n) is 4.82. The van der Waals surface area contributed by atoms with Crippen molar-refractivity contribution in [2.24, 2.45) is 0 Å². The Morgan fingerprint density at radius 2 is 1.96 bits per heavy atom. The molecule has 0 saturated heterocycles. The number of hydrogen-bond acceptors (Lipinski definition) is 5. The highest BCUT2D eigenvalue weighted by atomic mass is 19.1. The zero-order valence-electron chi connectivity index (χ0n) is 12.1. The fourth-order valence-electron chi connectivity index (χ4n) is 2.47. The van der Waals surface area contributed by atoms with Gasteiger partial charge in [0.25, 0.3) is 17.4 Å². The molecule has 3 N–H and O–H groups in total. The Kier molecular flexibility index (Phi) is 3.36. The van der Waals surface area contributed by atoms with E-state index in [2.05, 4.69) is 5.32 Å². The number of ether oxygens (including phenoxy) is 1. The fourth-order valence-corrected chi connectivity index (χ4v) is 2.47. The predicted molar refractivity (Wildman–Crippen MR) is 79.4 cm³/mol. The number of pyridine rings is 1. The summed E-state index contributed by atoms with van der Waals surface area (Å²) in [7, 11) is 0. The number of fused-ring (bicyclic) bond motifs is 1. The van der Waals surface area contributed by atoms with Crippen molar-refractivity contribution < 1.29 is 18.7 Å². The van der Waals surface area contributed by atoms with Crippen LogP contribution in [0.15, 0.2) is 29.1 Å². The molecule has 118 valence electrons. The third kappa shape index (κ3) is 2.24. The van der Waals surface area contributed by atoms with E-state index in [1.165, 1.54) is 12.1 Å². The van der Waals surface area contributed by atoms with Gasteiger partial charge >= 0.3 is 0 Å². The Hall–Kier alpha value is -3.16. The third-order valence-corrected chi connectivity index (χ3v) is 3.42. The monoisotopic (exact) mass is 317 g/mol. The maximum Gasteiger partial charge on any atom is 0.262 e. The molecule has 2 aromatic rings. The van der Waals surface area contributed by atoms with Crippen molar-refractivity contribution >= 4 is 17.6 Å².